The van der Waals surface area contributed by atoms with E-state index in [0.29, 0.717) is 11.8 Å². The molecule has 0 bridgehead atoms. The first-order chi connectivity index (χ1) is 9.72. The molecule has 5 nitrogen and oxygen atoms in total. The van der Waals surface area contributed by atoms with Crippen LogP contribution in [-0.2, 0) is 4.79 Å². The van der Waals surface area contributed by atoms with Crippen molar-refractivity contribution in [2.75, 3.05) is 5.75 Å². The number of carbonyl (C=O) groups is 1. The van der Waals surface area contributed by atoms with Crippen LogP contribution in [0.1, 0.15) is 44.6 Å². The van der Waals surface area contributed by atoms with Crippen LogP contribution >= 0.6 is 11.8 Å². The summed E-state index contributed by atoms with van der Waals surface area (Å²) in [6.45, 7) is 0. The lowest BCUT2D eigenvalue weighted by molar-refractivity contribution is -0.119. The standard InChI is InChI=1S/C14H18N4OS/c15-10-14(5-1-2-6-14)17-12(19)9-20-13-16-7-8-18(13)11-3-4-11/h7-8,11H,1-6,9H2,(H,17,19). The molecule has 1 heterocycles. The third kappa shape index (κ3) is 2.83. The number of hydrogen-bond acceptors (Lipinski definition) is 4. The fourth-order valence-corrected chi connectivity index (χ4v) is 3.54. The Morgan fingerprint density at radius 2 is 2.30 bits per heavy atom. The van der Waals surface area contributed by atoms with Crippen molar-refractivity contribution in [3.05, 3.63) is 12.4 Å². The second-order valence-electron chi connectivity index (χ2n) is 5.59. The molecule has 6 heteroatoms. The predicted molar refractivity (Wildman–Crippen MR) is 76.2 cm³/mol. The Bertz CT molecular complexity index is 538. The maximum Gasteiger partial charge on any atom is 0.231 e. The molecule has 3 rings (SSSR count). The van der Waals surface area contributed by atoms with Gasteiger partial charge in [0, 0.05) is 18.4 Å². The SMILES string of the molecule is N#CC1(NC(=O)CSc2nccn2C2CC2)CCCC1. The summed E-state index contributed by atoms with van der Waals surface area (Å²) in [6.07, 6.45) is 9.76. The second kappa shape index (κ2) is 5.49. The molecule has 2 aliphatic carbocycles. The van der Waals surface area contributed by atoms with Crippen LogP contribution in [0.5, 0.6) is 0 Å². The van der Waals surface area contributed by atoms with Gasteiger partial charge in [-0.3, -0.25) is 4.79 Å². The number of thioether (sulfide) groups is 1. The third-order valence-electron chi connectivity index (χ3n) is 3.96. The van der Waals surface area contributed by atoms with Crippen molar-refractivity contribution in [3.8, 4) is 6.07 Å². The van der Waals surface area contributed by atoms with Crippen molar-refractivity contribution in [2.24, 2.45) is 0 Å². The molecule has 2 aliphatic rings. The number of rotatable bonds is 5. The molecule has 20 heavy (non-hydrogen) atoms. The predicted octanol–water partition coefficient (Wildman–Crippen LogP) is 2.26. The number of hydrogen-bond donors (Lipinski definition) is 1. The lowest BCUT2D eigenvalue weighted by atomic mass is 10.0. The molecule has 0 atom stereocenters. The van der Waals surface area contributed by atoms with Gasteiger partial charge in [0.05, 0.1) is 11.8 Å². The number of amides is 1. The van der Waals surface area contributed by atoms with Gasteiger partial charge in [-0.1, -0.05) is 11.8 Å². The van der Waals surface area contributed by atoms with Crippen LogP contribution in [0.4, 0.5) is 0 Å². The smallest absolute Gasteiger partial charge is 0.231 e. The van der Waals surface area contributed by atoms with Crippen LogP contribution in [-0.4, -0.2) is 26.8 Å². The largest absolute Gasteiger partial charge is 0.337 e. The summed E-state index contributed by atoms with van der Waals surface area (Å²) in [6, 6.07) is 2.85. The van der Waals surface area contributed by atoms with E-state index in [2.05, 4.69) is 20.9 Å². The van der Waals surface area contributed by atoms with E-state index in [1.807, 2.05) is 6.20 Å². The van der Waals surface area contributed by atoms with Gasteiger partial charge in [-0.2, -0.15) is 5.26 Å². The van der Waals surface area contributed by atoms with Crippen LogP contribution in [0.2, 0.25) is 0 Å². The van der Waals surface area contributed by atoms with Crippen molar-refractivity contribution in [2.45, 2.75) is 55.3 Å². The monoisotopic (exact) mass is 290 g/mol. The minimum absolute atomic E-state index is 0.0659. The van der Waals surface area contributed by atoms with E-state index in [-0.39, 0.29) is 5.91 Å². The zero-order valence-corrected chi connectivity index (χ0v) is 12.2. The van der Waals surface area contributed by atoms with Crippen LogP contribution in [0, 0.1) is 11.3 Å². The molecule has 0 aliphatic heterocycles. The molecular formula is C14H18N4OS. The Hall–Kier alpha value is -1.48. The molecule has 1 aromatic rings. The molecule has 0 saturated heterocycles. The molecule has 0 aromatic carbocycles. The van der Waals surface area contributed by atoms with Crippen molar-refractivity contribution in [1.82, 2.24) is 14.9 Å². The first-order valence-corrected chi connectivity index (χ1v) is 8.09. The Morgan fingerprint density at radius 1 is 1.55 bits per heavy atom. The van der Waals surface area contributed by atoms with E-state index in [4.69, 9.17) is 0 Å². The normalized spacial score (nSPS) is 20.6. The summed E-state index contributed by atoms with van der Waals surface area (Å²) < 4.78 is 2.15. The van der Waals surface area contributed by atoms with Gasteiger partial charge in [-0.25, -0.2) is 4.98 Å². The van der Waals surface area contributed by atoms with Crippen LogP contribution in [0.15, 0.2) is 17.6 Å². The number of aromatic nitrogens is 2. The molecule has 0 radical (unpaired) electrons. The zero-order valence-electron chi connectivity index (χ0n) is 11.3. The molecule has 1 aromatic heterocycles. The van der Waals surface area contributed by atoms with Crippen molar-refractivity contribution in [3.63, 3.8) is 0 Å². The quantitative estimate of drug-likeness (QED) is 0.844. The molecule has 0 unspecified atom stereocenters. The van der Waals surface area contributed by atoms with Crippen molar-refractivity contribution >= 4 is 17.7 Å². The fraction of sp³-hybridized carbons (Fsp3) is 0.643. The van der Waals surface area contributed by atoms with E-state index in [0.717, 1.165) is 30.8 Å². The second-order valence-corrected chi connectivity index (χ2v) is 6.53. The Balaban J connectivity index is 1.54. The Labute approximate surface area is 122 Å². The van der Waals surface area contributed by atoms with Gasteiger partial charge in [-0.05, 0) is 38.5 Å². The highest BCUT2D eigenvalue weighted by atomic mass is 32.2. The number of imidazole rings is 1. The topological polar surface area (TPSA) is 70.7 Å². The highest BCUT2D eigenvalue weighted by Crippen LogP contribution is 2.37. The zero-order chi connectivity index (χ0) is 14.0. The van der Waals surface area contributed by atoms with Gasteiger partial charge >= 0.3 is 0 Å². The minimum atomic E-state index is -0.621. The van der Waals surface area contributed by atoms with Crippen molar-refractivity contribution < 1.29 is 4.79 Å². The number of nitrogens with zero attached hydrogens (tertiary/aromatic N) is 3. The van der Waals surface area contributed by atoms with E-state index >= 15 is 0 Å². The maximum absolute atomic E-state index is 12.0. The first kappa shape index (κ1) is 13.5. The molecular weight excluding hydrogens is 272 g/mol. The van der Waals surface area contributed by atoms with Crippen LogP contribution in [0.3, 0.4) is 0 Å². The van der Waals surface area contributed by atoms with Gasteiger partial charge < -0.3 is 9.88 Å². The van der Waals surface area contributed by atoms with Crippen LogP contribution in [0.25, 0.3) is 0 Å². The molecule has 2 saturated carbocycles. The average Bonchev–Trinajstić information content (AvgIpc) is 3.01. The summed E-state index contributed by atoms with van der Waals surface area (Å²) in [5, 5.41) is 13.1. The number of carbonyl (C=O) groups excluding carboxylic acids is 1. The van der Waals surface area contributed by atoms with Gasteiger partial charge in [0.2, 0.25) is 5.91 Å². The molecule has 1 amide bonds. The summed E-state index contributed by atoms with van der Waals surface area (Å²) in [7, 11) is 0. The van der Waals surface area contributed by atoms with Gasteiger partial charge in [0.15, 0.2) is 5.16 Å². The van der Waals surface area contributed by atoms with Crippen LogP contribution < -0.4 is 5.32 Å². The van der Waals surface area contributed by atoms with E-state index in [9.17, 15) is 10.1 Å². The molecule has 106 valence electrons. The molecule has 0 spiro atoms. The summed E-state index contributed by atoms with van der Waals surface area (Å²) in [5.74, 6) is 0.261. The Kier molecular flexibility index (Phi) is 3.70. The molecule has 2 fully saturated rings. The lowest BCUT2D eigenvalue weighted by Crippen LogP contribution is -2.45. The van der Waals surface area contributed by atoms with E-state index in [1.165, 1.54) is 24.6 Å². The first-order valence-electron chi connectivity index (χ1n) is 7.10. The summed E-state index contributed by atoms with van der Waals surface area (Å²) >= 11 is 1.45. The lowest BCUT2D eigenvalue weighted by Gasteiger charge is -2.21. The number of nitriles is 1. The molecule has 1 N–H and O–H groups in total. The minimum Gasteiger partial charge on any atom is -0.337 e. The summed E-state index contributed by atoms with van der Waals surface area (Å²) in [5.41, 5.74) is -0.621. The number of nitrogens with one attached hydrogen (secondary N) is 1. The van der Waals surface area contributed by atoms with Gasteiger partial charge in [-0.15, -0.1) is 0 Å². The average molecular weight is 290 g/mol. The highest BCUT2D eigenvalue weighted by molar-refractivity contribution is 7.99. The van der Waals surface area contributed by atoms with Gasteiger partial charge in [0.1, 0.15) is 5.54 Å². The summed E-state index contributed by atoms with van der Waals surface area (Å²) in [4.78, 5) is 16.3. The fourth-order valence-electron chi connectivity index (χ4n) is 2.72. The van der Waals surface area contributed by atoms with Gasteiger partial charge in [0.25, 0.3) is 0 Å². The highest BCUT2D eigenvalue weighted by Gasteiger charge is 2.35. The van der Waals surface area contributed by atoms with Crippen molar-refractivity contribution in [1.29, 1.82) is 5.26 Å². The third-order valence-corrected chi connectivity index (χ3v) is 4.94. The Morgan fingerprint density at radius 3 is 2.95 bits per heavy atom. The van der Waals surface area contributed by atoms with E-state index in [1.54, 1.807) is 6.20 Å². The van der Waals surface area contributed by atoms with E-state index < -0.39 is 5.54 Å². The maximum atomic E-state index is 12.0.